The van der Waals surface area contributed by atoms with Gasteiger partial charge in [-0.1, -0.05) is 6.42 Å². The molecule has 1 saturated heterocycles. The maximum atomic E-state index is 5.07. The molecule has 0 amide bonds. The first-order valence-electron chi connectivity index (χ1n) is 8.10. The molecular weight excluding hydrogens is 266 g/mol. The van der Waals surface area contributed by atoms with Gasteiger partial charge >= 0.3 is 0 Å². The number of likely N-dealkylation sites (tertiary alicyclic amines) is 1. The van der Waals surface area contributed by atoms with E-state index < -0.39 is 0 Å². The van der Waals surface area contributed by atoms with E-state index in [4.69, 9.17) is 4.74 Å². The highest BCUT2D eigenvalue weighted by Crippen LogP contribution is 2.07. The number of guanidine groups is 1. The Balaban J connectivity index is 2.05. The van der Waals surface area contributed by atoms with E-state index in [1.165, 1.54) is 32.4 Å². The van der Waals surface area contributed by atoms with Crippen LogP contribution in [-0.2, 0) is 4.74 Å². The van der Waals surface area contributed by atoms with E-state index in [1.807, 2.05) is 7.05 Å². The van der Waals surface area contributed by atoms with Crippen LogP contribution in [0.5, 0.6) is 0 Å². The number of nitrogens with zero attached hydrogens (tertiary/aromatic N) is 3. The van der Waals surface area contributed by atoms with Gasteiger partial charge in [-0.3, -0.25) is 4.99 Å². The first kappa shape index (κ1) is 18.2. The third kappa shape index (κ3) is 8.90. The van der Waals surface area contributed by atoms with Gasteiger partial charge in [0.1, 0.15) is 0 Å². The first-order chi connectivity index (χ1) is 10.3. The molecule has 0 bridgehead atoms. The molecule has 124 valence electrons. The summed E-state index contributed by atoms with van der Waals surface area (Å²) in [6.07, 6.45) is 4.09. The summed E-state index contributed by atoms with van der Waals surface area (Å²) >= 11 is 0. The van der Waals surface area contributed by atoms with Crippen LogP contribution < -0.4 is 10.6 Å². The Kier molecular flexibility index (Phi) is 10.2. The summed E-state index contributed by atoms with van der Waals surface area (Å²) < 4.78 is 5.07. The number of ether oxygens (including phenoxy) is 1. The van der Waals surface area contributed by atoms with Crippen molar-refractivity contribution in [2.75, 3.05) is 73.6 Å². The van der Waals surface area contributed by atoms with Gasteiger partial charge in [0.15, 0.2) is 5.96 Å². The summed E-state index contributed by atoms with van der Waals surface area (Å²) in [4.78, 5) is 9.04. The van der Waals surface area contributed by atoms with E-state index >= 15 is 0 Å². The predicted octanol–water partition coefficient (Wildman–Crippen LogP) is 0.216. The van der Waals surface area contributed by atoms with Crippen molar-refractivity contribution >= 4 is 5.96 Å². The minimum atomic E-state index is 0.777. The Morgan fingerprint density at radius 2 is 1.86 bits per heavy atom. The molecule has 0 spiro atoms. The Labute approximate surface area is 129 Å². The molecule has 1 rings (SSSR count). The minimum Gasteiger partial charge on any atom is -0.383 e. The second-order valence-corrected chi connectivity index (χ2v) is 5.62. The van der Waals surface area contributed by atoms with Crippen molar-refractivity contribution in [3.05, 3.63) is 0 Å². The molecule has 21 heavy (non-hydrogen) atoms. The SMILES string of the molecule is CN=C(NCCN(C)CCOC)NCCN1CCCCC1. The number of likely N-dealkylation sites (N-methyl/N-ethyl adjacent to an activating group) is 1. The van der Waals surface area contributed by atoms with Gasteiger partial charge in [0.25, 0.3) is 0 Å². The monoisotopic (exact) mass is 299 g/mol. The highest BCUT2D eigenvalue weighted by Gasteiger charge is 2.09. The number of hydrogen-bond acceptors (Lipinski definition) is 4. The molecule has 1 fully saturated rings. The van der Waals surface area contributed by atoms with Crippen molar-refractivity contribution in [2.24, 2.45) is 4.99 Å². The van der Waals surface area contributed by atoms with E-state index in [1.54, 1.807) is 7.11 Å². The second-order valence-electron chi connectivity index (χ2n) is 5.62. The third-order valence-electron chi connectivity index (χ3n) is 3.86. The molecule has 1 aliphatic rings. The van der Waals surface area contributed by atoms with Crippen LogP contribution in [0.4, 0.5) is 0 Å². The van der Waals surface area contributed by atoms with Crippen LogP contribution in [-0.4, -0.2) is 89.4 Å². The lowest BCUT2D eigenvalue weighted by atomic mass is 10.1. The van der Waals surface area contributed by atoms with Gasteiger partial charge in [-0.05, 0) is 33.0 Å². The Hall–Kier alpha value is -0.850. The predicted molar refractivity (Wildman–Crippen MR) is 89.0 cm³/mol. The fourth-order valence-corrected chi connectivity index (χ4v) is 2.46. The number of nitrogens with one attached hydrogen (secondary N) is 2. The number of rotatable bonds is 9. The van der Waals surface area contributed by atoms with Crippen molar-refractivity contribution in [2.45, 2.75) is 19.3 Å². The highest BCUT2D eigenvalue weighted by molar-refractivity contribution is 5.79. The molecular formula is C15H33N5O. The average Bonchev–Trinajstić information content (AvgIpc) is 2.52. The van der Waals surface area contributed by atoms with Crippen LogP contribution in [0.25, 0.3) is 0 Å². The molecule has 6 nitrogen and oxygen atoms in total. The van der Waals surface area contributed by atoms with E-state index in [0.717, 1.165) is 45.3 Å². The van der Waals surface area contributed by atoms with Crippen LogP contribution in [0.3, 0.4) is 0 Å². The number of piperidine rings is 1. The van der Waals surface area contributed by atoms with E-state index in [2.05, 4.69) is 32.5 Å². The zero-order valence-corrected chi connectivity index (χ0v) is 14.0. The van der Waals surface area contributed by atoms with Crippen molar-refractivity contribution < 1.29 is 4.74 Å². The maximum Gasteiger partial charge on any atom is 0.191 e. The molecule has 6 heteroatoms. The van der Waals surface area contributed by atoms with Crippen molar-refractivity contribution in [3.8, 4) is 0 Å². The summed E-state index contributed by atoms with van der Waals surface area (Å²) in [7, 11) is 5.66. The number of hydrogen-bond donors (Lipinski definition) is 2. The summed E-state index contributed by atoms with van der Waals surface area (Å²) in [6, 6.07) is 0. The molecule has 0 aromatic carbocycles. The molecule has 0 aromatic rings. The molecule has 1 heterocycles. The van der Waals surface area contributed by atoms with Crippen LogP contribution in [0.2, 0.25) is 0 Å². The van der Waals surface area contributed by atoms with E-state index in [-0.39, 0.29) is 0 Å². The highest BCUT2D eigenvalue weighted by atomic mass is 16.5. The van der Waals surface area contributed by atoms with Gasteiger partial charge in [-0.15, -0.1) is 0 Å². The molecule has 0 aliphatic carbocycles. The molecule has 0 aromatic heterocycles. The summed E-state index contributed by atoms with van der Waals surface area (Å²) in [5.74, 6) is 0.896. The van der Waals surface area contributed by atoms with Crippen LogP contribution in [0.15, 0.2) is 4.99 Å². The fraction of sp³-hybridized carbons (Fsp3) is 0.933. The summed E-state index contributed by atoms with van der Waals surface area (Å²) in [5.41, 5.74) is 0. The molecule has 2 N–H and O–H groups in total. The van der Waals surface area contributed by atoms with Crippen molar-refractivity contribution in [3.63, 3.8) is 0 Å². The Morgan fingerprint density at radius 3 is 2.52 bits per heavy atom. The number of aliphatic imine (C=N–C) groups is 1. The van der Waals surface area contributed by atoms with Crippen molar-refractivity contribution in [1.29, 1.82) is 0 Å². The van der Waals surface area contributed by atoms with Gasteiger partial charge in [-0.2, -0.15) is 0 Å². The van der Waals surface area contributed by atoms with Crippen molar-refractivity contribution in [1.82, 2.24) is 20.4 Å². The zero-order chi connectivity index (χ0) is 15.3. The first-order valence-corrected chi connectivity index (χ1v) is 8.10. The van der Waals surface area contributed by atoms with Crippen LogP contribution in [0, 0.1) is 0 Å². The number of methoxy groups -OCH3 is 1. The zero-order valence-electron chi connectivity index (χ0n) is 14.0. The smallest absolute Gasteiger partial charge is 0.191 e. The lowest BCUT2D eigenvalue weighted by Gasteiger charge is -2.26. The molecule has 0 unspecified atom stereocenters. The molecule has 1 aliphatic heterocycles. The van der Waals surface area contributed by atoms with Crippen LogP contribution in [0.1, 0.15) is 19.3 Å². The largest absolute Gasteiger partial charge is 0.383 e. The Morgan fingerprint density at radius 1 is 1.14 bits per heavy atom. The lowest BCUT2D eigenvalue weighted by molar-refractivity contribution is 0.162. The molecule has 0 saturated carbocycles. The second kappa shape index (κ2) is 11.8. The van der Waals surface area contributed by atoms with Gasteiger partial charge in [-0.25, -0.2) is 0 Å². The maximum absolute atomic E-state index is 5.07. The topological polar surface area (TPSA) is 52.1 Å². The van der Waals surface area contributed by atoms with Crippen LogP contribution >= 0.6 is 0 Å². The summed E-state index contributed by atoms with van der Waals surface area (Å²) in [6.45, 7) is 8.17. The standard InChI is InChI=1S/C15H33N5O/c1-16-15(17-7-11-19(2)13-14-21-3)18-8-12-20-9-5-4-6-10-20/h4-14H2,1-3H3,(H2,16,17,18). The third-order valence-corrected chi connectivity index (χ3v) is 3.86. The average molecular weight is 299 g/mol. The minimum absolute atomic E-state index is 0.777. The van der Waals surface area contributed by atoms with Gasteiger partial charge < -0.3 is 25.2 Å². The quantitative estimate of drug-likeness (QED) is 0.471. The molecule has 0 atom stereocenters. The molecule has 0 radical (unpaired) electrons. The normalized spacial score (nSPS) is 17.2. The van der Waals surface area contributed by atoms with Gasteiger partial charge in [0, 0.05) is 46.9 Å². The summed E-state index contributed by atoms with van der Waals surface area (Å²) in [5, 5.41) is 6.74. The van der Waals surface area contributed by atoms with E-state index in [9.17, 15) is 0 Å². The Bertz CT molecular complexity index is 279. The lowest BCUT2D eigenvalue weighted by Crippen LogP contribution is -2.44. The fourth-order valence-electron chi connectivity index (χ4n) is 2.46. The van der Waals surface area contributed by atoms with E-state index in [0.29, 0.717) is 0 Å². The van der Waals surface area contributed by atoms with Gasteiger partial charge in [0.2, 0.25) is 0 Å². The van der Waals surface area contributed by atoms with Gasteiger partial charge in [0.05, 0.1) is 6.61 Å².